The van der Waals surface area contributed by atoms with Crippen molar-refractivity contribution in [2.24, 2.45) is 0 Å². The Bertz CT molecular complexity index is 892. The van der Waals surface area contributed by atoms with E-state index in [4.69, 9.17) is 10.3 Å². The number of thiophene rings is 2. The van der Waals surface area contributed by atoms with Gasteiger partial charge in [0.25, 0.3) is 0 Å². The first-order valence-electron chi connectivity index (χ1n) is 6.21. The van der Waals surface area contributed by atoms with Crippen molar-refractivity contribution in [2.75, 3.05) is 5.73 Å². The second-order valence-corrected chi connectivity index (χ2v) is 7.49. The van der Waals surface area contributed by atoms with Crippen LogP contribution in [0.25, 0.3) is 31.2 Å². The van der Waals surface area contributed by atoms with E-state index in [-0.39, 0.29) is 0 Å². The summed E-state index contributed by atoms with van der Waals surface area (Å²) >= 11 is 6.86. The maximum Gasteiger partial charge on any atom is 0.186 e. The standard InChI is InChI=1S/C15H9BrN2OS2/c16-9-3-1-8(2-4-9)13-14(19-18-15(13)17)12-7-11-10(21-12)5-6-20-11/h1-7H,(H2,17,18). The minimum Gasteiger partial charge on any atom is -0.380 e. The zero-order chi connectivity index (χ0) is 14.4. The Labute approximate surface area is 137 Å². The van der Waals surface area contributed by atoms with E-state index in [0.717, 1.165) is 26.2 Å². The number of hydrogen-bond donors (Lipinski definition) is 1. The van der Waals surface area contributed by atoms with Gasteiger partial charge in [0.15, 0.2) is 11.6 Å². The summed E-state index contributed by atoms with van der Waals surface area (Å²) in [6.07, 6.45) is 0. The van der Waals surface area contributed by atoms with Gasteiger partial charge in [-0.2, -0.15) is 0 Å². The summed E-state index contributed by atoms with van der Waals surface area (Å²) in [5.41, 5.74) is 7.87. The van der Waals surface area contributed by atoms with Crippen LogP contribution in [0.2, 0.25) is 0 Å². The molecule has 0 unspecified atom stereocenters. The van der Waals surface area contributed by atoms with Crippen molar-refractivity contribution in [3.8, 4) is 21.8 Å². The number of halogens is 1. The average molecular weight is 377 g/mol. The third kappa shape index (κ3) is 2.19. The monoisotopic (exact) mass is 376 g/mol. The van der Waals surface area contributed by atoms with Gasteiger partial charge >= 0.3 is 0 Å². The molecule has 0 aliphatic rings. The van der Waals surface area contributed by atoms with Crippen LogP contribution in [0.5, 0.6) is 0 Å². The van der Waals surface area contributed by atoms with E-state index in [0.29, 0.717) is 5.82 Å². The molecule has 0 bridgehead atoms. The summed E-state index contributed by atoms with van der Waals surface area (Å²) in [6, 6.07) is 12.2. The van der Waals surface area contributed by atoms with Gasteiger partial charge in [-0.3, -0.25) is 0 Å². The first-order chi connectivity index (χ1) is 10.2. The second-order valence-electron chi connectivity index (χ2n) is 4.54. The molecular formula is C15H9BrN2OS2. The van der Waals surface area contributed by atoms with E-state index in [9.17, 15) is 0 Å². The normalized spacial score (nSPS) is 11.3. The quantitative estimate of drug-likeness (QED) is 0.493. The van der Waals surface area contributed by atoms with Gasteiger partial charge in [0.2, 0.25) is 0 Å². The molecule has 0 atom stereocenters. The van der Waals surface area contributed by atoms with Gasteiger partial charge in [0, 0.05) is 13.9 Å². The van der Waals surface area contributed by atoms with E-state index >= 15 is 0 Å². The van der Waals surface area contributed by atoms with Gasteiger partial charge < -0.3 is 10.3 Å². The predicted molar refractivity (Wildman–Crippen MR) is 92.7 cm³/mol. The zero-order valence-electron chi connectivity index (χ0n) is 10.7. The summed E-state index contributed by atoms with van der Waals surface area (Å²) in [4.78, 5) is 1.05. The lowest BCUT2D eigenvalue weighted by atomic mass is 10.1. The minimum absolute atomic E-state index is 0.420. The molecule has 2 N–H and O–H groups in total. The third-order valence-electron chi connectivity index (χ3n) is 3.21. The highest BCUT2D eigenvalue weighted by Crippen LogP contribution is 2.42. The molecule has 3 heterocycles. The topological polar surface area (TPSA) is 52.0 Å². The van der Waals surface area contributed by atoms with Crippen LogP contribution in [-0.4, -0.2) is 5.16 Å². The van der Waals surface area contributed by atoms with Gasteiger partial charge in [-0.05, 0) is 35.2 Å². The molecule has 0 radical (unpaired) electrons. The van der Waals surface area contributed by atoms with Crippen LogP contribution in [0.15, 0.2) is 50.8 Å². The Morgan fingerprint density at radius 2 is 1.90 bits per heavy atom. The van der Waals surface area contributed by atoms with Crippen molar-refractivity contribution >= 4 is 53.8 Å². The van der Waals surface area contributed by atoms with Crippen LogP contribution >= 0.6 is 38.6 Å². The van der Waals surface area contributed by atoms with E-state index in [2.05, 4.69) is 38.6 Å². The molecule has 0 amide bonds. The molecule has 4 aromatic rings. The molecule has 0 fully saturated rings. The number of rotatable bonds is 2. The minimum atomic E-state index is 0.420. The lowest BCUT2D eigenvalue weighted by Gasteiger charge is -2.01. The van der Waals surface area contributed by atoms with Crippen molar-refractivity contribution in [3.63, 3.8) is 0 Å². The first kappa shape index (κ1) is 13.1. The van der Waals surface area contributed by atoms with Crippen LogP contribution in [0, 0.1) is 0 Å². The molecule has 104 valence electrons. The molecule has 1 aromatic carbocycles. The molecule has 0 saturated carbocycles. The molecule has 0 aliphatic heterocycles. The number of nitrogens with two attached hydrogens (primary N) is 1. The number of nitrogen functional groups attached to an aromatic ring is 1. The average Bonchev–Trinajstić information content (AvgIpc) is 3.13. The molecule has 3 aromatic heterocycles. The molecule has 0 saturated heterocycles. The lowest BCUT2D eigenvalue weighted by Crippen LogP contribution is -1.88. The van der Waals surface area contributed by atoms with E-state index in [1.54, 1.807) is 22.7 Å². The summed E-state index contributed by atoms with van der Waals surface area (Å²) in [6.45, 7) is 0. The highest BCUT2D eigenvalue weighted by atomic mass is 79.9. The molecule has 4 rings (SSSR count). The maximum absolute atomic E-state index is 6.01. The largest absolute Gasteiger partial charge is 0.380 e. The van der Waals surface area contributed by atoms with Gasteiger partial charge in [-0.1, -0.05) is 33.2 Å². The maximum atomic E-state index is 6.01. The number of benzene rings is 1. The molecule has 0 spiro atoms. The second kappa shape index (κ2) is 4.98. The van der Waals surface area contributed by atoms with Crippen LogP contribution in [0.1, 0.15) is 0 Å². The zero-order valence-corrected chi connectivity index (χ0v) is 13.9. The van der Waals surface area contributed by atoms with E-state index in [1.807, 2.05) is 24.3 Å². The number of hydrogen-bond acceptors (Lipinski definition) is 5. The molecular weight excluding hydrogens is 368 g/mol. The first-order valence-corrected chi connectivity index (χ1v) is 8.70. The van der Waals surface area contributed by atoms with Crippen molar-refractivity contribution in [3.05, 3.63) is 46.3 Å². The Balaban J connectivity index is 1.90. The highest BCUT2D eigenvalue weighted by Gasteiger charge is 2.19. The third-order valence-corrected chi connectivity index (χ3v) is 5.84. The summed E-state index contributed by atoms with van der Waals surface area (Å²) < 4.78 is 9.03. The fraction of sp³-hybridized carbons (Fsp3) is 0. The SMILES string of the molecule is Nc1noc(-c2cc3sccc3s2)c1-c1ccc(Br)cc1. The Morgan fingerprint density at radius 1 is 1.10 bits per heavy atom. The molecule has 0 aliphatic carbocycles. The van der Waals surface area contributed by atoms with Crippen molar-refractivity contribution in [2.45, 2.75) is 0 Å². The summed E-state index contributed by atoms with van der Waals surface area (Å²) in [5.74, 6) is 1.16. The predicted octanol–water partition coefficient (Wildman–Crippen LogP) is 5.63. The number of nitrogens with zero attached hydrogens (tertiary/aromatic N) is 1. The summed E-state index contributed by atoms with van der Waals surface area (Å²) in [5, 5.41) is 6.04. The smallest absolute Gasteiger partial charge is 0.186 e. The number of anilines is 1. The van der Waals surface area contributed by atoms with Crippen LogP contribution in [0.4, 0.5) is 5.82 Å². The van der Waals surface area contributed by atoms with Crippen molar-refractivity contribution in [1.29, 1.82) is 0 Å². The number of fused-ring (bicyclic) bond motifs is 1. The Hall–Kier alpha value is -1.63. The van der Waals surface area contributed by atoms with Crippen molar-refractivity contribution in [1.82, 2.24) is 5.16 Å². The van der Waals surface area contributed by atoms with E-state index < -0.39 is 0 Å². The summed E-state index contributed by atoms with van der Waals surface area (Å²) in [7, 11) is 0. The Morgan fingerprint density at radius 3 is 2.67 bits per heavy atom. The fourth-order valence-corrected chi connectivity index (χ4v) is 4.60. The van der Waals surface area contributed by atoms with Gasteiger partial charge in [0.1, 0.15) is 0 Å². The van der Waals surface area contributed by atoms with Gasteiger partial charge in [-0.15, -0.1) is 22.7 Å². The molecule has 21 heavy (non-hydrogen) atoms. The van der Waals surface area contributed by atoms with E-state index in [1.165, 1.54) is 9.40 Å². The van der Waals surface area contributed by atoms with Crippen molar-refractivity contribution < 1.29 is 4.52 Å². The highest BCUT2D eigenvalue weighted by molar-refractivity contribution is 9.10. The fourth-order valence-electron chi connectivity index (χ4n) is 2.24. The van der Waals surface area contributed by atoms with Gasteiger partial charge in [-0.25, -0.2) is 0 Å². The Kier molecular flexibility index (Phi) is 3.10. The molecule has 3 nitrogen and oxygen atoms in total. The van der Waals surface area contributed by atoms with Crippen LogP contribution in [0.3, 0.4) is 0 Å². The van der Waals surface area contributed by atoms with Crippen LogP contribution < -0.4 is 5.73 Å². The molecule has 6 heteroatoms. The van der Waals surface area contributed by atoms with Gasteiger partial charge in [0.05, 0.1) is 10.4 Å². The number of aromatic nitrogens is 1. The van der Waals surface area contributed by atoms with Crippen LogP contribution in [-0.2, 0) is 0 Å². The lowest BCUT2D eigenvalue weighted by molar-refractivity contribution is 0.437.